The summed E-state index contributed by atoms with van der Waals surface area (Å²) in [6.07, 6.45) is -0.339. The lowest BCUT2D eigenvalue weighted by Gasteiger charge is -2.12. The summed E-state index contributed by atoms with van der Waals surface area (Å²) in [5, 5.41) is -1.20. The van der Waals surface area contributed by atoms with Crippen LogP contribution in [0.5, 0.6) is 0 Å². The van der Waals surface area contributed by atoms with Crippen molar-refractivity contribution in [3.05, 3.63) is 0 Å². The minimum Gasteiger partial charge on any atom is -0.467 e. The molecule has 0 aliphatic rings. The van der Waals surface area contributed by atoms with E-state index in [9.17, 15) is 26.4 Å². The summed E-state index contributed by atoms with van der Waals surface area (Å²) in [6, 6.07) is 0. The number of ether oxygens (including phenoxy) is 2. The zero-order valence-electron chi connectivity index (χ0n) is 13.0. The van der Waals surface area contributed by atoms with E-state index in [0.717, 1.165) is 7.11 Å². The van der Waals surface area contributed by atoms with Crippen molar-refractivity contribution in [2.24, 2.45) is 0 Å². The van der Waals surface area contributed by atoms with Crippen LogP contribution in [0.2, 0.25) is 0 Å². The molecule has 0 aliphatic carbocycles. The first-order valence-corrected chi connectivity index (χ1v) is 9.56. The van der Waals surface area contributed by atoms with Crippen molar-refractivity contribution in [2.45, 2.75) is 25.5 Å². The van der Waals surface area contributed by atoms with Gasteiger partial charge in [0.1, 0.15) is 0 Å². The Kier molecular flexibility index (Phi) is 9.27. The molecule has 0 aromatic rings. The largest absolute Gasteiger partial charge is 0.467 e. The van der Waals surface area contributed by atoms with E-state index in [1.54, 1.807) is 6.92 Å². The molecule has 23 heavy (non-hydrogen) atoms. The number of rotatable bonds is 11. The molecular weight excluding hydrogens is 356 g/mol. The van der Waals surface area contributed by atoms with E-state index in [1.165, 1.54) is 6.92 Å². The molecule has 0 aromatic carbocycles. The van der Waals surface area contributed by atoms with Crippen LogP contribution in [0.3, 0.4) is 0 Å². The molecule has 136 valence electrons. The highest BCUT2D eigenvalue weighted by Crippen LogP contribution is 2.11. The third kappa shape index (κ3) is 9.48. The Hall–Kier alpha value is -1.24. The van der Waals surface area contributed by atoms with Gasteiger partial charge in [-0.3, -0.25) is 8.37 Å². The second-order valence-electron chi connectivity index (χ2n) is 4.26. The van der Waals surface area contributed by atoms with Crippen LogP contribution in [-0.2, 0) is 47.7 Å². The Morgan fingerprint density at radius 2 is 1.57 bits per heavy atom. The van der Waals surface area contributed by atoms with Crippen LogP contribution in [0, 0.1) is 0 Å². The smallest absolute Gasteiger partial charge is 0.333 e. The predicted octanol–water partition coefficient (Wildman–Crippen LogP) is -0.806. The molecule has 0 fully saturated rings. The van der Waals surface area contributed by atoms with Crippen molar-refractivity contribution < 1.29 is 44.3 Å². The molecule has 0 saturated heterocycles. The Balaban J connectivity index is 4.42. The minimum absolute atomic E-state index is 0.0784. The van der Waals surface area contributed by atoms with Gasteiger partial charge in [-0.2, -0.15) is 16.8 Å². The van der Waals surface area contributed by atoms with E-state index in [1.807, 2.05) is 0 Å². The maximum absolute atomic E-state index is 11.7. The first-order valence-electron chi connectivity index (χ1n) is 6.51. The first-order chi connectivity index (χ1) is 10.5. The Morgan fingerprint density at radius 1 is 1.00 bits per heavy atom. The van der Waals surface area contributed by atoms with Gasteiger partial charge in [-0.25, -0.2) is 9.59 Å². The summed E-state index contributed by atoms with van der Waals surface area (Å²) >= 11 is 0. The molecule has 0 radical (unpaired) electrons. The van der Waals surface area contributed by atoms with Gasteiger partial charge in [0, 0.05) is 0 Å². The van der Waals surface area contributed by atoms with Crippen LogP contribution < -0.4 is 0 Å². The minimum atomic E-state index is -4.14. The summed E-state index contributed by atoms with van der Waals surface area (Å²) in [5.41, 5.74) is 0. The maximum Gasteiger partial charge on any atom is 0.333 e. The van der Waals surface area contributed by atoms with Crippen LogP contribution in [-0.4, -0.2) is 66.7 Å². The Bertz CT molecular complexity index is 592. The number of carbonyl (C=O) groups excluding carboxylic acids is 2. The topological polar surface area (TPSA) is 139 Å². The van der Waals surface area contributed by atoms with Crippen molar-refractivity contribution in [1.82, 2.24) is 0 Å². The molecule has 0 aromatic heterocycles. The predicted molar refractivity (Wildman–Crippen MR) is 77.3 cm³/mol. The maximum atomic E-state index is 11.7. The van der Waals surface area contributed by atoms with Crippen LogP contribution >= 0.6 is 0 Å². The fraction of sp³-hybridized carbons (Fsp3) is 0.818. The highest BCUT2D eigenvalue weighted by atomic mass is 32.2. The van der Waals surface area contributed by atoms with Gasteiger partial charge >= 0.3 is 11.9 Å². The number of hydrogen-bond acceptors (Lipinski definition) is 10. The molecular formula is C11H20O10S2. The van der Waals surface area contributed by atoms with Crippen molar-refractivity contribution in [3.63, 3.8) is 0 Å². The molecule has 0 spiro atoms. The van der Waals surface area contributed by atoms with E-state index in [0.29, 0.717) is 0 Å². The van der Waals surface area contributed by atoms with Crippen LogP contribution in [0.4, 0.5) is 0 Å². The van der Waals surface area contributed by atoms with Gasteiger partial charge < -0.3 is 9.47 Å². The average molecular weight is 376 g/mol. The van der Waals surface area contributed by atoms with Gasteiger partial charge in [0.05, 0.1) is 24.7 Å². The molecule has 1 unspecified atom stereocenters. The monoisotopic (exact) mass is 376 g/mol. The molecule has 1 atom stereocenters. The first kappa shape index (κ1) is 21.8. The highest BCUT2D eigenvalue weighted by molar-refractivity contribution is 7.88. The molecule has 0 N–H and O–H groups in total. The summed E-state index contributed by atoms with van der Waals surface area (Å²) in [4.78, 5) is 21.8. The fourth-order valence-corrected chi connectivity index (χ4v) is 3.24. The van der Waals surface area contributed by atoms with Gasteiger partial charge in [-0.05, 0) is 20.3 Å². The summed E-state index contributed by atoms with van der Waals surface area (Å²) in [7, 11) is -7.17. The zero-order valence-corrected chi connectivity index (χ0v) is 14.6. The van der Waals surface area contributed by atoms with Crippen molar-refractivity contribution >= 4 is 32.2 Å². The number of hydrogen-bond donors (Lipinski definition) is 0. The van der Waals surface area contributed by atoms with E-state index >= 15 is 0 Å². The van der Waals surface area contributed by atoms with Crippen LogP contribution in [0.15, 0.2) is 0 Å². The van der Waals surface area contributed by atoms with E-state index < -0.39 is 56.4 Å². The van der Waals surface area contributed by atoms with Gasteiger partial charge in [0.2, 0.25) is 0 Å². The number of esters is 2. The summed E-state index contributed by atoms with van der Waals surface area (Å²) in [5.74, 6) is -2.38. The van der Waals surface area contributed by atoms with Gasteiger partial charge in [0.25, 0.3) is 20.2 Å². The summed E-state index contributed by atoms with van der Waals surface area (Å²) in [6.45, 7) is 1.27. The second-order valence-corrected chi connectivity index (χ2v) is 8.04. The zero-order chi connectivity index (χ0) is 18.1. The third-order valence-corrected chi connectivity index (χ3v) is 5.38. The molecule has 0 amide bonds. The Morgan fingerprint density at radius 3 is 2.09 bits per heavy atom. The van der Waals surface area contributed by atoms with Crippen molar-refractivity contribution in [2.75, 3.05) is 32.7 Å². The van der Waals surface area contributed by atoms with Crippen LogP contribution in [0.1, 0.15) is 20.3 Å². The van der Waals surface area contributed by atoms with Gasteiger partial charge in [-0.1, -0.05) is 0 Å². The fourth-order valence-electron chi connectivity index (χ4n) is 1.16. The lowest BCUT2D eigenvalue weighted by molar-refractivity contribution is -0.145. The standard InChI is InChI=1S/C11H20O10S2/c1-4-19-11(13)8-20-22(14,15)6-5-9(2)23(16,17)21-7-10(12)18-3/h9H,4-8H2,1-3H3. The van der Waals surface area contributed by atoms with E-state index in [-0.39, 0.29) is 13.0 Å². The highest BCUT2D eigenvalue weighted by Gasteiger charge is 2.26. The lowest BCUT2D eigenvalue weighted by Crippen LogP contribution is -2.27. The van der Waals surface area contributed by atoms with Gasteiger partial charge in [0.15, 0.2) is 13.2 Å². The van der Waals surface area contributed by atoms with E-state index in [4.69, 9.17) is 0 Å². The number of methoxy groups -OCH3 is 1. The van der Waals surface area contributed by atoms with Gasteiger partial charge in [-0.15, -0.1) is 0 Å². The average Bonchev–Trinajstić information content (AvgIpc) is 2.48. The molecule has 0 rings (SSSR count). The summed E-state index contributed by atoms with van der Waals surface area (Å²) < 4.78 is 64.0. The van der Waals surface area contributed by atoms with Crippen LogP contribution in [0.25, 0.3) is 0 Å². The van der Waals surface area contributed by atoms with Crippen molar-refractivity contribution in [3.8, 4) is 0 Å². The normalized spacial score (nSPS) is 13.3. The molecule has 12 heteroatoms. The number of carbonyl (C=O) groups is 2. The molecule has 0 heterocycles. The Labute approximate surface area is 135 Å². The molecule has 0 bridgehead atoms. The quantitative estimate of drug-likeness (QED) is 0.332. The lowest BCUT2D eigenvalue weighted by atomic mass is 10.4. The second kappa shape index (κ2) is 9.80. The molecule has 0 aliphatic heterocycles. The van der Waals surface area contributed by atoms with Crippen molar-refractivity contribution in [1.29, 1.82) is 0 Å². The van der Waals surface area contributed by atoms with E-state index in [2.05, 4.69) is 17.8 Å². The SMILES string of the molecule is CCOC(=O)COS(=O)(=O)CCC(C)S(=O)(=O)OCC(=O)OC. The molecule has 10 nitrogen and oxygen atoms in total. The third-order valence-electron chi connectivity index (χ3n) is 2.50. The molecule has 0 saturated carbocycles.